The van der Waals surface area contributed by atoms with Crippen LogP contribution in [0.2, 0.25) is 0 Å². The Kier molecular flexibility index (Phi) is 11.3. The predicted octanol–water partition coefficient (Wildman–Crippen LogP) is 6.77. The summed E-state index contributed by atoms with van der Waals surface area (Å²) in [5.74, 6) is -1.33. The molecule has 3 saturated carbocycles. The molecule has 3 aliphatic rings. The maximum Gasteiger partial charge on any atom is 0.308 e. The van der Waals surface area contributed by atoms with Crippen LogP contribution in [0, 0.1) is 28.1 Å². The zero-order chi connectivity index (χ0) is 34.7. The number of benzene rings is 1. The average molecular weight is 668 g/mol. The molecule has 1 aromatic carbocycles. The van der Waals surface area contributed by atoms with E-state index in [4.69, 9.17) is 9.47 Å². The largest absolute Gasteiger partial charge is 0.469 e. The molecule has 3 aliphatic carbocycles. The molecule has 47 heavy (non-hydrogen) atoms. The van der Waals surface area contributed by atoms with Gasteiger partial charge < -0.3 is 19.7 Å². The van der Waals surface area contributed by atoms with Crippen LogP contribution < -0.4 is 5.32 Å². The Labute approximate surface area is 284 Å². The highest BCUT2D eigenvalue weighted by Gasteiger charge is 2.71. The second kappa shape index (κ2) is 14.5. The van der Waals surface area contributed by atoms with Crippen molar-refractivity contribution in [2.24, 2.45) is 28.1 Å². The van der Waals surface area contributed by atoms with Gasteiger partial charge in [0.1, 0.15) is 10.7 Å². The molecule has 1 aromatic heterocycles. The molecule has 0 saturated heterocycles. The summed E-state index contributed by atoms with van der Waals surface area (Å²) in [6, 6.07) is 9.25. The van der Waals surface area contributed by atoms with Crippen molar-refractivity contribution in [1.82, 2.24) is 15.2 Å². The van der Waals surface area contributed by atoms with E-state index in [1.54, 1.807) is 12.3 Å². The number of ether oxygens (including phenoxy) is 2. The molecule has 9 nitrogen and oxygen atoms in total. The minimum Gasteiger partial charge on any atom is -0.469 e. The maximum absolute atomic E-state index is 13.6. The van der Waals surface area contributed by atoms with Crippen molar-refractivity contribution in [2.45, 2.75) is 112 Å². The molecule has 1 N–H and O–H groups in total. The molecule has 4 atom stereocenters. The first-order valence-electron chi connectivity index (χ1n) is 16.8. The average Bonchev–Trinajstić information content (AvgIpc) is 3.45. The van der Waals surface area contributed by atoms with E-state index < -0.39 is 18.0 Å². The van der Waals surface area contributed by atoms with Gasteiger partial charge in [0, 0.05) is 44.3 Å². The van der Waals surface area contributed by atoms with E-state index in [9.17, 15) is 19.2 Å². The lowest BCUT2D eigenvalue weighted by atomic mass is 9.29. The highest BCUT2D eigenvalue weighted by molar-refractivity contribution is 7.09. The number of aromatic nitrogens is 1. The van der Waals surface area contributed by atoms with Gasteiger partial charge in [0.05, 0.1) is 13.0 Å². The van der Waals surface area contributed by atoms with Gasteiger partial charge in [-0.25, -0.2) is 4.98 Å². The number of amides is 2. The molecule has 2 amide bonds. The normalized spacial score (nSPS) is 22.6. The van der Waals surface area contributed by atoms with Crippen molar-refractivity contribution in [3.8, 4) is 0 Å². The number of rotatable bonds is 15. The van der Waals surface area contributed by atoms with Crippen molar-refractivity contribution < 1.29 is 28.7 Å². The number of nitrogens with one attached hydrogen (secondary N) is 1. The third kappa shape index (κ3) is 8.42. The number of thiazole rings is 1. The van der Waals surface area contributed by atoms with Gasteiger partial charge in [-0.15, -0.1) is 11.3 Å². The Balaban J connectivity index is 1.45. The molecule has 2 bridgehead atoms. The van der Waals surface area contributed by atoms with E-state index in [-0.39, 0.29) is 52.3 Å². The molecular formula is C37H53N3O6S. The Hall–Kier alpha value is -3.27. The number of hydrogen-bond acceptors (Lipinski definition) is 8. The summed E-state index contributed by atoms with van der Waals surface area (Å²) < 4.78 is 10.7. The SMILES string of the molecule is COC(=O)C(C)CC(Cc1ccccc1)NC(=O)c1csc(C(CC(C(C)C)N(C)C(=O)CC23CC(C(C)(C)C)(C2)C3)OC(C)=O)n1. The van der Waals surface area contributed by atoms with Crippen LogP contribution in [-0.4, -0.2) is 59.9 Å². The predicted molar refractivity (Wildman–Crippen MR) is 183 cm³/mol. The number of esters is 2. The van der Waals surface area contributed by atoms with Gasteiger partial charge >= 0.3 is 11.9 Å². The van der Waals surface area contributed by atoms with Gasteiger partial charge in [0.2, 0.25) is 5.91 Å². The fourth-order valence-electron chi connectivity index (χ4n) is 7.72. The van der Waals surface area contributed by atoms with Crippen LogP contribution >= 0.6 is 11.3 Å². The lowest BCUT2D eigenvalue weighted by Crippen LogP contribution is -2.67. The molecular weight excluding hydrogens is 614 g/mol. The second-order valence-corrected chi connectivity index (χ2v) is 16.4. The van der Waals surface area contributed by atoms with Crippen LogP contribution in [0.1, 0.15) is 114 Å². The van der Waals surface area contributed by atoms with Crippen molar-refractivity contribution >= 4 is 35.1 Å². The van der Waals surface area contributed by atoms with Gasteiger partial charge in [0.15, 0.2) is 6.10 Å². The number of nitrogens with zero attached hydrogens (tertiary/aromatic N) is 2. The molecule has 10 heteroatoms. The zero-order valence-corrected chi connectivity index (χ0v) is 30.4. The number of methoxy groups -OCH3 is 1. The van der Waals surface area contributed by atoms with Crippen LogP contribution in [-0.2, 0) is 30.3 Å². The fourth-order valence-corrected chi connectivity index (χ4v) is 8.56. The van der Waals surface area contributed by atoms with Gasteiger partial charge in [-0.1, -0.05) is 71.9 Å². The molecule has 3 fully saturated rings. The summed E-state index contributed by atoms with van der Waals surface area (Å²) in [5, 5.41) is 5.23. The molecule has 0 aliphatic heterocycles. The smallest absolute Gasteiger partial charge is 0.308 e. The standard InChI is InChI=1S/C37H53N3O6S/c1-23(2)29(40(8)31(42)18-36-20-37(21-36,22-36)35(5,6)7)17-30(46-25(4)41)33-39-28(19-47-33)32(43)38-27(15-24(3)34(44)45-9)16-26-13-11-10-12-14-26/h10-14,19,23-24,27,29-30H,15-18,20-22H2,1-9H3,(H,38,43). The third-order valence-electron chi connectivity index (χ3n) is 10.6. The Morgan fingerprint density at radius 1 is 1.04 bits per heavy atom. The molecule has 5 rings (SSSR count). The van der Waals surface area contributed by atoms with Crippen molar-refractivity contribution in [2.75, 3.05) is 14.2 Å². The summed E-state index contributed by atoms with van der Waals surface area (Å²) in [4.78, 5) is 57.9. The fraction of sp³-hybridized carbons (Fsp3) is 0.649. The third-order valence-corrected chi connectivity index (χ3v) is 11.6. The first kappa shape index (κ1) is 36.6. The molecule has 0 radical (unpaired) electrons. The monoisotopic (exact) mass is 667 g/mol. The molecule has 4 unspecified atom stereocenters. The van der Waals surface area contributed by atoms with E-state index in [2.05, 4.69) is 44.9 Å². The summed E-state index contributed by atoms with van der Waals surface area (Å²) in [6.45, 7) is 14.2. The number of carbonyl (C=O) groups excluding carboxylic acids is 4. The van der Waals surface area contributed by atoms with Crippen LogP contribution in [0.25, 0.3) is 0 Å². The van der Waals surface area contributed by atoms with Gasteiger partial charge in [-0.05, 0) is 59.8 Å². The van der Waals surface area contributed by atoms with Crippen molar-refractivity contribution in [3.63, 3.8) is 0 Å². The zero-order valence-electron chi connectivity index (χ0n) is 29.6. The first-order chi connectivity index (χ1) is 22.0. The van der Waals surface area contributed by atoms with Crippen LogP contribution in [0.5, 0.6) is 0 Å². The minimum atomic E-state index is -0.708. The van der Waals surface area contributed by atoms with Crippen LogP contribution in [0.3, 0.4) is 0 Å². The first-order valence-corrected chi connectivity index (χ1v) is 17.7. The van der Waals surface area contributed by atoms with Gasteiger partial charge in [0.25, 0.3) is 5.91 Å². The van der Waals surface area contributed by atoms with Gasteiger partial charge in [-0.3, -0.25) is 19.2 Å². The van der Waals surface area contributed by atoms with Crippen molar-refractivity contribution in [1.29, 1.82) is 0 Å². The Bertz CT molecular complexity index is 1410. The highest BCUT2D eigenvalue weighted by atomic mass is 32.1. The summed E-state index contributed by atoms with van der Waals surface area (Å²) in [5.41, 5.74) is 2.01. The minimum absolute atomic E-state index is 0.106. The second-order valence-electron chi connectivity index (χ2n) is 15.5. The topological polar surface area (TPSA) is 115 Å². The summed E-state index contributed by atoms with van der Waals surface area (Å²) in [6.07, 6.45) is 4.49. The lowest BCUT2D eigenvalue weighted by Gasteiger charge is -2.76. The molecule has 0 spiro atoms. The van der Waals surface area contributed by atoms with Crippen LogP contribution in [0.4, 0.5) is 0 Å². The molecule has 1 heterocycles. The Morgan fingerprint density at radius 3 is 2.23 bits per heavy atom. The quantitative estimate of drug-likeness (QED) is 0.209. The van der Waals surface area contributed by atoms with E-state index in [1.165, 1.54) is 25.4 Å². The molecule has 2 aromatic rings. The maximum atomic E-state index is 13.6. The van der Waals surface area contributed by atoms with Gasteiger partial charge in [-0.2, -0.15) is 0 Å². The van der Waals surface area contributed by atoms with E-state index >= 15 is 0 Å². The van der Waals surface area contributed by atoms with E-state index in [0.717, 1.165) is 24.8 Å². The van der Waals surface area contributed by atoms with Crippen molar-refractivity contribution in [3.05, 3.63) is 52.0 Å². The van der Waals surface area contributed by atoms with E-state index in [0.29, 0.717) is 36.1 Å². The highest BCUT2D eigenvalue weighted by Crippen LogP contribution is 2.80. The van der Waals surface area contributed by atoms with E-state index in [1.807, 2.05) is 42.3 Å². The summed E-state index contributed by atoms with van der Waals surface area (Å²) >= 11 is 1.26. The number of hydrogen-bond donors (Lipinski definition) is 1. The number of carbonyl (C=O) groups is 4. The lowest BCUT2D eigenvalue weighted by molar-refractivity contribution is -0.260. The Morgan fingerprint density at radius 2 is 1.68 bits per heavy atom. The summed E-state index contributed by atoms with van der Waals surface area (Å²) in [7, 11) is 3.21. The molecule has 258 valence electrons. The van der Waals surface area contributed by atoms with Crippen LogP contribution in [0.15, 0.2) is 35.7 Å².